The maximum atomic E-state index is 8.82. The lowest BCUT2D eigenvalue weighted by Crippen LogP contribution is -2.33. The second kappa shape index (κ2) is 7.11. The maximum absolute atomic E-state index is 8.82. The number of nitrogens with zero attached hydrogens (tertiary/aromatic N) is 3. The molecule has 6 heteroatoms. The summed E-state index contributed by atoms with van der Waals surface area (Å²) in [4.78, 5) is 0. The molecule has 102 valence electrons. The number of aliphatic hydroxyl groups excluding tert-OH is 1. The van der Waals surface area contributed by atoms with Crippen molar-refractivity contribution in [3.8, 4) is 0 Å². The molecule has 1 aliphatic carbocycles. The first kappa shape index (κ1) is 13.8. The van der Waals surface area contributed by atoms with E-state index in [4.69, 9.17) is 5.11 Å². The summed E-state index contributed by atoms with van der Waals surface area (Å²) in [5.74, 6) is 1.19. The molecule has 5 nitrogen and oxygen atoms in total. The number of aliphatic hydroxyl groups is 1. The number of thioether (sulfide) groups is 1. The van der Waals surface area contributed by atoms with Crippen LogP contribution in [0, 0.1) is 0 Å². The Hall–Kier alpha value is -0.590. The molecule has 18 heavy (non-hydrogen) atoms. The molecular formula is C12H22N4OS. The van der Waals surface area contributed by atoms with Crippen LogP contribution < -0.4 is 5.32 Å². The summed E-state index contributed by atoms with van der Waals surface area (Å²) in [6.07, 6.45) is 5.82. The van der Waals surface area contributed by atoms with Crippen molar-refractivity contribution in [2.24, 2.45) is 0 Å². The fourth-order valence-corrected chi connectivity index (χ4v) is 3.67. The topological polar surface area (TPSA) is 63.0 Å². The molecule has 2 atom stereocenters. The molecule has 1 fully saturated rings. The molecule has 2 N–H and O–H groups in total. The van der Waals surface area contributed by atoms with Crippen LogP contribution in [0.2, 0.25) is 0 Å². The van der Waals surface area contributed by atoms with Crippen LogP contribution in [-0.4, -0.2) is 43.8 Å². The van der Waals surface area contributed by atoms with Gasteiger partial charge in [-0.3, -0.25) is 0 Å². The predicted molar refractivity (Wildman–Crippen MR) is 73.5 cm³/mol. The SMILES string of the molecule is CCSC1CCCC1NCc1cn(CCO)nn1. The Morgan fingerprint density at radius 1 is 1.56 bits per heavy atom. The lowest BCUT2D eigenvalue weighted by molar-refractivity contribution is 0.268. The number of rotatable bonds is 7. The van der Waals surface area contributed by atoms with E-state index in [1.165, 1.54) is 25.0 Å². The lowest BCUT2D eigenvalue weighted by Gasteiger charge is -2.19. The third-order valence-corrected chi connectivity index (χ3v) is 4.62. The van der Waals surface area contributed by atoms with Crippen LogP contribution in [-0.2, 0) is 13.1 Å². The van der Waals surface area contributed by atoms with Gasteiger partial charge in [-0.25, -0.2) is 4.68 Å². The minimum atomic E-state index is 0.105. The zero-order chi connectivity index (χ0) is 12.8. The fourth-order valence-electron chi connectivity index (χ4n) is 2.44. The Morgan fingerprint density at radius 2 is 2.44 bits per heavy atom. The van der Waals surface area contributed by atoms with Crippen molar-refractivity contribution < 1.29 is 5.11 Å². The molecule has 2 unspecified atom stereocenters. The largest absolute Gasteiger partial charge is 0.394 e. The smallest absolute Gasteiger partial charge is 0.0964 e. The van der Waals surface area contributed by atoms with E-state index in [1.807, 2.05) is 6.20 Å². The van der Waals surface area contributed by atoms with Gasteiger partial charge in [-0.05, 0) is 18.6 Å². The molecule has 0 saturated heterocycles. The Bertz CT molecular complexity index is 358. The average molecular weight is 270 g/mol. The zero-order valence-electron chi connectivity index (χ0n) is 10.9. The maximum Gasteiger partial charge on any atom is 0.0964 e. The van der Waals surface area contributed by atoms with E-state index in [-0.39, 0.29) is 6.61 Å². The molecule has 0 spiro atoms. The van der Waals surface area contributed by atoms with E-state index in [1.54, 1.807) is 4.68 Å². The van der Waals surface area contributed by atoms with Gasteiger partial charge in [-0.2, -0.15) is 11.8 Å². The molecule has 0 aromatic carbocycles. The Morgan fingerprint density at radius 3 is 3.22 bits per heavy atom. The van der Waals surface area contributed by atoms with Gasteiger partial charge >= 0.3 is 0 Å². The van der Waals surface area contributed by atoms with Crippen molar-refractivity contribution >= 4 is 11.8 Å². The normalized spacial score (nSPS) is 23.7. The van der Waals surface area contributed by atoms with Crippen LogP contribution in [0.15, 0.2) is 6.20 Å². The van der Waals surface area contributed by atoms with Gasteiger partial charge < -0.3 is 10.4 Å². The van der Waals surface area contributed by atoms with Gasteiger partial charge in [-0.1, -0.05) is 18.6 Å². The highest BCUT2D eigenvalue weighted by Gasteiger charge is 2.26. The molecule has 2 rings (SSSR count). The molecule has 0 aliphatic heterocycles. The molecule has 1 saturated carbocycles. The standard InChI is InChI=1S/C12H22N4OS/c1-2-18-12-5-3-4-11(12)13-8-10-9-16(6-7-17)15-14-10/h9,11-13,17H,2-8H2,1H3. The highest BCUT2D eigenvalue weighted by Crippen LogP contribution is 2.29. The highest BCUT2D eigenvalue weighted by atomic mass is 32.2. The summed E-state index contributed by atoms with van der Waals surface area (Å²) in [7, 11) is 0. The minimum Gasteiger partial charge on any atom is -0.394 e. The summed E-state index contributed by atoms with van der Waals surface area (Å²) in [6, 6.07) is 0.609. The monoisotopic (exact) mass is 270 g/mol. The Kier molecular flexibility index (Phi) is 5.46. The van der Waals surface area contributed by atoms with Crippen LogP contribution >= 0.6 is 11.8 Å². The summed E-state index contributed by atoms with van der Waals surface area (Å²) in [6.45, 7) is 3.62. The number of hydrogen-bond acceptors (Lipinski definition) is 5. The van der Waals surface area contributed by atoms with E-state index in [0.717, 1.165) is 17.5 Å². The van der Waals surface area contributed by atoms with Gasteiger partial charge in [0.05, 0.1) is 18.8 Å². The van der Waals surface area contributed by atoms with Gasteiger partial charge in [0.2, 0.25) is 0 Å². The second-order valence-electron chi connectivity index (χ2n) is 4.61. The molecule has 0 bridgehead atoms. The average Bonchev–Trinajstić information content (AvgIpc) is 2.97. The summed E-state index contributed by atoms with van der Waals surface area (Å²) < 4.78 is 1.68. The highest BCUT2D eigenvalue weighted by molar-refractivity contribution is 7.99. The van der Waals surface area contributed by atoms with E-state index in [9.17, 15) is 0 Å². The molecular weight excluding hydrogens is 248 g/mol. The fraction of sp³-hybridized carbons (Fsp3) is 0.833. The van der Waals surface area contributed by atoms with Crippen molar-refractivity contribution in [2.45, 2.75) is 50.6 Å². The van der Waals surface area contributed by atoms with Crippen molar-refractivity contribution in [3.63, 3.8) is 0 Å². The molecule has 0 radical (unpaired) electrons. The van der Waals surface area contributed by atoms with Crippen LogP contribution in [0.4, 0.5) is 0 Å². The minimum absolute atomic E-state index is 0.105. The number of nitrogens with one attached hydrogen (secondary N) is 1. The first-order valence-electron chi connectivity index (χ1n) is 6.68. The molecule has 1 heterocycles. The van der Waals surface area contributed by atoms with Crippen molar-refractivity contribution in [1.29, 1.82) is 0 Å². The molecule has 0 amide bonds. The Balaban J connectivity index is 1.79. The van der Waals surface area contributed by atoms with Crippen LogP contribution in [0.1, 0.15) is 31.9 Å². The van der Waals surface area contributed by atoms with E-state index >= 15 is 0 Å². The van der Waals surface area contributed by atoms with Crippen LogP contribution in [0.3, 0.4) is 0 Å². The van der Waals surface area contributed by atoms with Crippen molar-refractivity contribution in [1.82, 2.24) is 20.3 Å². The van der Waals surface area contributed by atoms with Crippen LogP contribution in [0.25, 0.3) is 0 Å². The third-order valence-electron chi connectivity index (χ3n) is 3.29. The van der Waals surface area contributed by atoms with Gasteiger partial charge in [0, 0.05) is 24.0 Å². The van der Waals surface area contributed by atoms with E-state index in [2.05, 4.69) is 34.3 Å². The predicted octanol–water partition coefficient (Wildman–Crippen LogP) is 1.03. The summed E-state index contributed by atoms with van der Waals surface area (Å²) in [5.41, 5.74) is 0.954. The van der Waals surface area contributed by atoms with Crippen molar-refractivity contribution in [2.75, 3.05) is 12.4 Å². The van der Waals surface area contributed by atoms with Crippen LogP contribution in [0.5, 0.6) is 0 Å². The summed E-state index contributed by atoms with van der Waals surface area (Å²) in [5, 5.41) is 21.2. The first-order chi connectivity index (χ1) is 8.83. The molecule has 1 aliphatic rings. The third kappa shape index (κ3) is 3.70. The van der Waals surface area contributed by atoms with E-state index in [0.29, 0.717) is 12.6 Å². The van der Waals surface area contributed by atoms with Gasteiger partial charge in [0.25, 0.3) is 0 Å². The van der Waals surface area contributed by atoms with Gasteiger partial charge in [0.15, 0.2) is 0 Å². The Labute approximate surface area is 112 Å². The first-order valence-corrected chi connectivity index (χ1v) is 7.73. The van der Waals surface area contributed by atoms with Gasteiger partial charge in [-0.15, -0.1) is 5.10 Å². The number of aromatic nitrogens is 3. The lowest BCUT2D eigenvalue weighted by atomic mass is 10.2. The molecule has 1 aromatic rings. The zero-order valence-corrected chi connectivity index (χ0v) is 11.7. The quantitative estimate of drug-likeness (QED) is 0.775. The summed E-state index contributed by atoms with van der Waals surface area (Å²) >= 11 is 2.06. The van der Waals surface area contributed by atoms with E-state index < -0.39 is 0 Å². The van der Waals surface area contributed by atoms with Gasteiger partial charge in [0.1, 0.15) is 0 Å². The second-order valence-corrected chi connectivity index (χ2v) is 6.12. The van der Waals surface area contributed by atoms with Crippen molar-refractivity contribution in [3.05, 3.63) is 11.9 Å². The molecule has 1 aromatic heterocycles. The number of hydrogen-bond donors (Lipinski definition) is 2.